The molecule has 88 valence electrons. The van der Waals surface area contributed by atoms with Gasteiger partial charge in [-0.3, -0.25) is 4.79 Å². The van der Waals surface area contributed by atoms with E-state index in [1.165, 1.54) is 11.3 Å². The summed E-state index contributed by atoms with van der Waals surface area (Å²) in [4.78, 5) is 18.3. The number of nitrogens with zero attached hydrogens (tertiary/aromatic N) is 2. The fourth-order valence-electron chi connectivity index (χ4n) is 2.20. The van der Waals surface area contributed by atoms with Crippen LogP contribution in [0.2, 0.25) is 0 Å². The lowest BCUT2D eigenvalue weighted by Gasteiger charge is -2.20. The van der Waals surface area contributed by atoms with Crippen molar-refractivity contribution >= 4 is 17.2 Å². The Kier molecular flexibility index (Phi) is 3.25. The maximum atomic E-state index is 12.2. The van der Waals surface area contributed by atoms with E-state index in [4.69, 9.17) is 5.73 Å². The molecule has 0 saturated carbocycles. The van der Waals surface area contributed by atoms with E-state index in [-0.39, 0.29) is 11.9 Å². The summed E-state index contributed by atoms with van der Waals surface area (Å²) in [6.07, 6.45) is 1.01. The first kappa shape index (κ1) is 11.5. The van der Waals surface area contributed by atoms with Crippen molar-refractivity contribution in [3.63, 3.8) is 0 Å². The molecular formula is C11H17N3OS. The van der Waals surface area contributed by atoms with Gasteiger partial charge in [0.05, 0.1) is 5.01 Å². The summed E-state index contributed by atoms with van der Waals surface area (Å²) in [5.74, 6) is 0.492. The SMILES string of the molecule is Cc1nc(C(=O)N2CC(CN)CC2C)cs1. The van der Waals surface area contributed by atoms with Crippen LogP contribution < -0.4 is 5.73 Å². The van der Waals surface area contributed by atoms with Crippen LogP contribution >= 0.6 is 11.3 Å². The van der Waals surface area contributed by atoms with E-state index in [9.17, 15) is 4.79 Å². The summed E-state index contributed by atoms with van der Waals surface area (Å²) in [6, 6.07) is 0.281. The van der Waals surface area contributed by atoms with Crippen molar-refractivity contribution in [3.8, 4) is 0 Å². The molecule has 2 heterocycles. The van der Waals surface area contributed by atoms with E-state index in [1.54, 1.807) is 0 Å². The predicted octanol–water partition coefficient (Wildman–Crippen LogP) is 1.26. The summed E-state index contributed by atoms with van der Waals surface area (Å²) < 4.78 is 0. The smallest absolute Gasteiger partial charge is 0.273 e. The second-order valence-corrected chi connectivity index (χ2v) is 5.46. The maximum absolute atomic E-state index is 12.2. The van der Waals surface area contributed by atoms with Gasteiger partial charge in [0, 0.05) is 18.0 Å². The molecule has 1 aliphatic heterocycles. The zero-order valence-electron chi connectivity index (χ0n) is 9.64. The fraction of sp³-hybridized carbons (Fsp3) is 0.636. The van der Waals surface area contributed by atoms with E-state index in [0.717, 1.165) is 18.0 Å². The number of carbonyl (C=O) groups excluding carboxylic acids is 1. The molecule has 2 rings (SSSR count). The summed E-state index contributed by atoms with van der Waals surface area (Å²) in [5, 5.41) is 2.77. The summed E-state index contributed by atoms with van der Waals surface area (Å²) in [7, 11) is 0. The number of rotatable bonds is 2. The van der Waals surface area contributed by atoms with Gasteiger partial charge < -0.3 is 10.6 Å². The highest BCUT2D eigenvalue weighted by molar-refractivity contribution is 7.09. The van der Waals surface area contributed by atoms with Crippen molar-refractivity contribution < 1.29 is 4.79 Å². The molecule has 1 aromatic heterocycles. The maximum Gasteiger partial charge on any atom is 0.273 e. The highest BCUT2D eigenvalue weighted by atomic mass is 32.1. The largest absolute Gasteiger partial charge is 0.334 e. The molecule has 2 N–H and O–H groups in total. The predicted molar refractivity (Wildman–Crippen MR) is 64.5 cm³/mol. The molecule has 4 nitrogen and oxygen atoms in total. The number of likely N-dealkylation sites (tertiary alicyclic amines) is 1. The van der Waals surface area contributed by atoms with Gasteiger partial charge in [0.15, 0.2) is 0 Å². The first-order chi connectivity index (χ1) is 7.61. The minimum Gasteiger partial charge on any atom is -0.334 e. The van der Waals surface area contributed by atoms with Crippen LogP contribution in [0.25, 0.3) is 0 Å². The lowest BCUT2D eigenvalue weighted by molar-refractivity contribution is 0.0738. The number of aromatic nitrogens is 1. The van der Waals surface area contributed by atoms with Crippen molar-refractivity contribution in [2.45, 2.75) is 26.3 Å². The van der Waals surface area contributed by atoms with Crippen LogP contribution in [-0.4, -0.2) is 34.9 Å². The van der Waals surface area contributed by atoms with Crippen LogP contribution in [0.3, 0.4) is 0 Å². The van der Waals surface area contributed by atoms with Crippen molar-refractivity contribution in [2.24, 2.45) is 11.7 Å². The molecule has 1 saturated heterocycles. The zero-order chi connectivity index (χ0) is 11.7. The number of nitrogens with two attached hydrogens (primary N) is 1. The average molecular weight is 239 g/mol. The Bertz CT molecular complexity index is 390. The summed E-state index contributed by atoms with van der Waals surface area (Å²) in [5.41, 5.74) is 6.23. The third-order valence-electron chi connectivity index (χ3n) is 3.09. The van der Waals surface area contributed by atoms with Crippen LogP contribution in [0.4, 0.5) is 0 Å². The number of thiazole rings is 1. The fourth-order valence-corrected chi connectivity index (χ4v) is 2.79. The second kappa shape index (κ2) is 4.51. The van der Waals surface area contributed by atoms with E-state index < -0.39 is 0 Å². The average Bonchev–Trinajstić information content (AvgIpc) is 2.83. The Hall–Kier alpha value is -0.940. The molecule has 16 heavy (non-hydrogen) atoms. The van der Waals surface area contributed by atoms with Gasteiger partial charge in [-0.15, -0.1) is 11.3 Å². The Morgan fingerprint density at radius 1 is 1.75 bits per heavy atom. The number of hydrogen-bond donors (Lipinski definition) is 1. The van der Waals surface area contributed by atoms with Gasteiger partial charge >= 0.3 is 0 Å². The van der Waals surface area contributed by atoms with E-state index in [1.807, 2.05) is 17.2 Å². The molecule has 1 aliphatic rings. The van der Waals surface area contributed by atoms with Crippen molar-refractivity contribution in [3.05, 3.63) is 16.1 Å². The molecule has 5 heteroatoms. The molecule has 1 aromatic rings. The van der Waals surface area contributed by atoms with Gasteiger partial charge in [0.1, 0.15) is 5.69 Å². The van der Waals surface area contributed by atoms with E-state index in [2.05, 4.69) is 11.9 Å². The normalized spacial score (nSPS) is 25.1. The van der Waals surface area contributed by atoms with Gasteiger partial charge in [-0.1, -0.05) is 0 Å². The molecule has 1 amide bonds. The summed E-state index contributed by atoms with van der Waals surface area (Å²) in [6.45, 7) is 5.42. The number of carbonyl (C=O) groups is 1. The zero-order valence-corrected chi connectivity index (χ0v) is 10.5. The molecule has 1 fully saturated rings. The Balaban J connectivity index is 2.11. The molecule has 0 radical (unpaired) electrons. The van der Waals surface area contributed by atoms with Gasteiger partial charge in [-0.05, 0) is 32.7 Å². The van der Waals surface area contributed by atoms with Crippen LogP contribution in [0, 0.1) is 12.8 Å². The highest BCUT2D eigenvalue weighted by Crippen LogP contribution is 2.24. The van der Waals surface area contributed by atoms with Crippen LogP contribution in [-0.2, 0) is 0 Å². The third kappa shape index (κ3) is 2.10. The molecule has 2 unspecified atom stereocenters. The van der Waals surface area contributed by atoms with E-state index in [0.29, 0.717) is 18.2 Å². The molecule has 0 spiro atoms. The van der Waals surface area contributed by atoms with Crippen molar-refractivity contribution in [1.82, 2.24) is 9.88 Å². The first-order valence-electron chi connectivity index (χ1n) is 5.55. The van der Waals surface area contributed by atoms with Gasteiger partial charge in [0.2, 0.25) is 0 Å². The number of amides is 1. The molecule has 0 aliphatic carbocycles. The van der Waals surface area contributed by atoms with Crippen molar-refractivity contribution in [2.75, 3.05) is 13.1 Å². The summed E-state index contributed by atoms with van der Waals surface area (Å²) >= 11 is 1.52. The highest BCUT2D eigenvalue weighted by Gasteiger charge is 2.32. The van der Waals surface area contributed by atoms with Crippen molar-refractivity contribution in [1.29, 1.82) is 0 Å². The lowest BCUT2D eigenvalue weighted by Crippen LogP contribution is -2.34. The third-order valence-corrected chi connectivity index (χ3v) is 3.87. The molecule has 2 atom stereocenters. The van der Waals surface area contributed by atoms with E-state index >= 15 is 0 Å². The standard InChI is InChI=1S/C11H17N3OS/c1-7-3-9(4-12)5-14(7)11(15)10-6-16-8(2)13-10/h6-7,9H,3-5,12H2,1-2H3. The Morgan fingerprint density at radius 2 is 2.50 bits per heavy atom. The minimum absolute atomic E-state index is 0.0489. The monoisotopic (exact) mass is 239 g/mol. The van der Waals surface area contributed by atoms with Crippen LogP contribution in [0.15, 0.2) is 5.38 Å². The van der Waals surface area contributed by atoms with Crippen LogP contribution in [0.5, 0.6) is 0 Å². The molecular weight excluding hydrogens is 222 g/mol. The van der Waals surface area contributed by atoms with Crippen LogP contribution in [0.1, 0.15) is 28.8 Å². The van der Waals surface area contributed by atoms with Gasteiger partial charge in [0.25, 0.3) is 5.91 Å². The molecule has 0 aromatic carbocycles. The van der Waals surface area contributed by atoms with Gasteiger partial charge in [-0.25, -0.2) is 4.98 Å². The van der Waals surface area contributed by atoms with Gasteiger partial charge in [-0.2, -0.15) is 0 Å². The minimum atomic E-state index is 0.0489. The first-order valence-corrected chi connectivity index (χ1v) is 6.43. The second-order valence-electron chi connectivity index (χ2n) is 4.40. The number of aryl methyl sites for hydroxylation is 1. The molecule has 0 bridgehead atoms. The quantitative estimate of drug-likeness (QED) is 0.845. The lowest BCUT2D eigenvalue weighted by atomic mass is 10.1. The Labute approximate surface area is 99.5 Å². The number of hydrogen-bond acceptors (Lipinski definition) is 4. The topological polar surface area (TPSA) is 59.2 Å². The Morgan fingerprint density at radius 3 is 3.00 bits per heavy atom.